The van der Waals surface area contributed by atoms with E-state index in [0.717, 1.165) is 6.54 Å². The number of carbonyl (C=O) groups excluding carboxylic acids is 2. The molecule has 2 N–H and O–H groups in total. The lowest BCUT2D eigenvalue weighted by Crippen LogP contribution is -2.41. The van der Waals surface area contributed by atoms with Crippen molar-refractivity contribution in [1.29, 1.82) is 0 Å². The van der Waals surface area contributed by atoms with Crippen LogP contribution < -0.4 is 5.32 Å². The van der Waals surface area contributed by atoms with Crippen molar-refractivity contribution in [1.82, 2.24) is 15.1 Å². The van der Waals surface area contributed by atoms with Gasteiger partial charge in [-0.1, -0.05) is 0 Å². The van der Waals surface area contributed by atoms with E-state index in [1.54, 1.807) is 0 Å². The van der Waals surface area contributed by atoms with E-state index in [1.165, 1.54) is 4.90 Å². The van der Waals surface area contributed by atoms with Gasteiger partial charge in [0.25, 0.3) is 0 Å². The van der Waals surface area contributed by atoms with Gasteiger partial charge < -0.3 is 10.4 Å². The number of urea groups is 1. The third kappa shape index (κ3) is 2.27. The van der Waals surface area contributed by atoms with Crippen molar-refractivity contribution in [3.05, 3.63) is 0 Å². The highest BCUT2D eigenvalue weighted by atomic mass is 16.3. The van der Waals surface area contributed by atoms with Crippen LogP contribution in [0.4, 0.5) is 4.79 Å². The van der Waals surface area contributed by atoms with E-state index in [2.05, 4.69) is 5.32 Å². The summed E-state index contributed by atoms with van der Waals surface area (Å²) in [5.74, 6) is -0.181. The maximum absolute atomic E-state index is 11.7. The number of amides is 3. The smallest absolute Gasteiger partial charge is 0.324 e. The predicted octanol–water partition coefficient (Wildman–Crippen LogP) is -1.40. The highest BCUT2D eigenvalue weighted by Gasteiger charge is 2.29. The minimum atomic E-state index is -0.329. The number of nitrogens with zero attached hydrogens (tertiary/aromatic N) is 2. The molecule has 2 aliphatic rings. The summed E-state index contributed by atoms with van der Waals surface area (Å²) in [4.78, 5) is 25.9. The molecule has 2 fully saturated rings. The molecule has 0 aromatic heterocycles. The van der Waals surface area contributed by atoms with Crippen molar-refractivity contribution < 1.29 is 14.7 Å². The number of nitrogens with one attached hydrogen (secondary N) is 1. The van der Waals surface area contributed by atoms with Crippen LogP contribution in [0.1, 0.15) is 6.42 Å². The second-order valence-corrected chi connectivity index (χ2v) is 3.95. The molecule has 6 nitrogen and oxygen atoms in total. The molecule has 0 aliphatic carbocycles. The SMILES string of the molecule is O=C(CN1CC[C@H](O)C1)N1CCNC1=O. The topological polar surface area (TPSA) is 72.9 Å². The maximum Gasteiger partial charge on any atom is 0.324 e. The molecule has 0 aromatic rings. The van der Waals surface area contributed by atoms with E-state index in [9.17, 15) is 14.7 Å². The largest absolute Gasteiger partial charge is 0.392 e. The van der Waals surface area contributed by atoms with Gasteiger partial charge in [0.15, 0.2) is 0 Å². The first kappa shape index (κ1) is 10.4. The number of hydrogen-bond acceptors (Lipinski definition) is 4. The molecule has 1 atom stereocenters. The molecular weight excluding hydrogens is 198 g/mol. The van der Waals surface area contributed by atoms with Gasteiger partial charge in [-0.05, 0) is 6.42 Å². The molecule has 0 saturated carbocycles. The number of β-amino-alcohol motifs (C(OH)–C–C–N with tert-alkyl or cyclic N) is 1. The van der Waals surface area contributed by atoms with Gasteiger partial charge in [0.05, 0.1) is 12.6 Å². The number of carbonyl (C=O) groups is 2. The zero-order valence-electron chi connectivity index (χ0n) is 8.48. The molecule has 2 rings (SSSR count). The first-order chi connectivity index (χ1) is 7.16. The van der Waals surface area contributed by atoms with E-state index < -0.39 is 0 Å². The van der Waals surface area contributed by atoms with Gasteiger partial charge in [0, 0.05) is 26.2 Å². The number of likely N-dealkylation sites (tertiary alicyclic amines) is 1. The fourth-order valence-corrected chi connectivity index (χ4v) is 1.94. The van der Waals surface area contributed by atoms with Crippen molar-refractivity contribution in [3.63, 3.8) is 0 Å². The van der Waals surface area contributed by atoms with Crippen LogP contribution in [0, 0.1) is 0 Å². The summed E-state index contributed by atoms with van der Waals surface area (Å²) in [5.41, 5.74) is 0. The maximum atomic E-state index is 11.7. The van der Waals surface area contributed by atoms with Crippen molar-refractivity contribution in [2.45, 2.75) is 12.5 Å². The Morgan fingerprint density at radius 2 is 2.33 bits per heavy atom. The fraction of sp³-hybridized carbons (Fsp3) is 0.778. The number of aliphatic hydroxyl groups excluding tert-OH is 1. The van der Waals surface area contributed by atoms with Gasteiger partial charge in [-0.2, -0.15) is 0 Å². The average Bonchev–Trinajstić information content (AvgIpc) is 2.75. The Morgan fingerprint density at radius 3 is 2.87 bits per heavy atom. The molecule has 0 bridgehead atoms. The molecule has 0 spiro atoms. The quantitative estimate of drug-likeness (QED) is 0.592. The van der Waals surface area contributed by atoms with E-state index >= 15 is 0 Å². The zero-order chi connectivity index (χ0) is 10.8. The molecule has 0 unspecified atom stereocenters. The Morgan fingerprint density at radius 1 is 1.53 bits per heavy atom. The van der Waals surface area contributed by atoms with Crippen molar-refractivity contribution >= 4 is 11.9 Å². The van der Waals surface area contributed by atoms with Gasteiger partial charge in [-0.3, -0.25) is 14.6 Å². The summed E-state index contributed by atoms with van der Waals surface area (Å²) in [6, 6.07) is -0.306. The first-order valence-corrected chi connectivity index (χ1v) is 5.15. The van der Waals surface area contributed by atoms with Gasteiger partial charge >= 0.3 is 6.03 Å². The Kier molecular flexibility index (Phi) is 2.88. The average molecular weight is 213 g/mol. The Labute approximate surface area is 87.8 Å². The first-order valence-electron chi connectivity index (χ1n) is 5.15. The van der Waals surface area contributed by atoms with Crippen LogP contribution in [0.3, 0.4) is 0 Å². The minimum absolute atomic E-state index is 0.181. The third-order valence-corrected chi connectivity index (χ3v) is 2.76. The second kappa shape index (κ2) is 4.16. The Balaban J connectivity index is 1.84. The lowest BCUT2D eigenvalue weighted by atomic mass is 10.3. The summed E-state index contributed by atoms with van der Waals surface area (Å²) in [6.45, 7) is 2.47. The van der Waals surface area contributed by atoms with Crippen LogP contribution in [0.25, 0.3) is 0 Å². The van der Waals surface area contributed by atoms with Gasteiger partial charge in [-0.25, -0.2) is 4.79 Å². The van der Waals surface area contributed by atoms with E-state index in [4.69, 9.17) is 0 Å². The number of rotatable bonds is 2. The minimum Gasteiger partial charge on any atom is -0.392 e. The second-order valence-electron chi connectivity index (χ2n) is 3.95. The number of hydrogen-bond donors (Lipinski definition) is 2. The van der Waals surface area contributed by atoms with Crippen molar-refractivity contribution in [2.75, 3.05) is 32.7 Å². The standard InChI is InChI=1S/C9H15N3O3/c13-7-1-3-11(5-7)6-8(14)12-4-2-10-9(12)15/h7,13H,1-6H2,(H,10,15)/t7-/m0/s1. The lowest BCUT2D eigenvalue weighted by molar-refractivity contribution is -0.128. The molecule has 15 heavy (non-hydrogen) atoms. The van der Waals surface area contributed by atoms with Crippen LogP contribution in [-0.4, -0.2) is 65.7 Å². The molecule has 0 aromatic carbocycles. The molecule has 2 saturated heterocycles. The Hall–Kier alpha value is -1.14. The molecule has 2 aliphatic heterocycles. The van der Waals surface area contributed by atoms with Crippen LogP contribution in [0.15, 0.2) is 0 Å². The predicted molar refractivity (Wildman–Crippen MR) is 52.2 cm³/mol. The summed E-state index contributed by atoms with van der Waals surface area (Å²) in [5, 5.41) is 11.9. The van der Waals surface area contributed by atoms with Crippen LogP contribution in [0.2, 0.25) is 0 Å². The monoisotopic (exact) mass is 213 g/mol. The lowest BCUT2D eigenvalue weighted by Gasteiger charge is -2.18. The van der Waals surface area contributed by atoms with Gasteiger partial charge in [0.1, 0.15) is 0 Å². The van der Waals surface area contributed by atoms with Gasteiger partial charge in [-0.15, -0.1) is 0 Å². The highest BCUT2D eigenvalue weighted by Crippen LogP contribution is 2.09. The van der Waals surface area contributed by atoms with Crippen LogP contribution in [0.5, 0.6) is 0 Å². The molecule has 0 radical (unpaired) electrons. The normalized spacial score (nSPS) is 27.1. The molecular formula is C9H15N3O3. The molecule has 6 heteroatoms. The highest BCUT2D eigenvalue weighted by molar-refractivity contribution is 5.96. The van der Waals surface area contributed by atoms with E-state index in [1.807, 2.05) is 4.90 Å². The van der Waals surface area contributed by atoms with Crippen LogP contribution >= 0.6 is 0 Å². The number of imide groups is 1. The van der Waals surface area contributed by atoms with E-state index in [-0.39, 0.29) is 24.6 Å². The Bertz CT molecular complexity index is 282. The fourth-order valence-electron chi connectivity index (χ4n) is 1.94. The van der Waals surface area contributed by atoms with Crippen molar-refractivity contribution in [2.24, 2.45) is 0 Å². The number of aliphatic hydroxyl groups is 1. The summed E-state index contributed by atoms with van der Waals surface area (Å²) in [6.07, 6.45) is 0.379. The third-order valence-electron chi connectivity index (χ3n) is 2.76. The summed E-state index contributed by atoms with van der Waals surface area (Å²) < 4.78 is 0. The summed E-state index contributed by atoms with van der Waals surface area (Å²) >= 11 is 0. The van der Waals surface area contributed by atoms with Crippen molar-refractivity contribution in [3.8, 4) is 0 Å². The van der Waals surface area contributed by atoms with Gasteiger partial charge in [0.2, 0.25) is 5.91 Å². The summed E-state index contributed by atoms with van der Waals surface area (Å²) in [7, 11) is 0. The van der Waals surface area contributed by atoms with E-state index in [0.29, 0.717) is 26.1 Å². The molecule has 2 heterocycles. The van der Waals surface area contributed by atoms with Crippen LogP contribution in [-0.2, 0) is 4.79 Å². The zero-order valence-corrected chi connectivity index (χ0v) is 8.48. The molecule has 84 valence electrons. The molecule has 3 amide bonds.